The van der Waals surface area contributed by atoms with Crippen molar-refractivity contribution >= 4 is 33.2 Å². The fourth-order valence-corrected chi connectivity index (χ4v) is 4.28. The number of rotatable bonds is 4. The van der Waals surface area contributed by atoms with E-state index in [1.54, 1.807) is 24.5 Å². The molecular formula is C19H18BrN3O3S. The number of piperidine rings is 1. The number of nitrogens with zero attached hydrogens (tertiary/aromatic N) is 3. The molecule has 3 heterocycles. The summed E-state index contributed by atoms with van der Waals surface area (Å²) in [6.45, 7) is 1.28. The zero-order valence-corrected chi connectivity index (χ0v) is 17.1. The van der Waals surface area contributed by atoms with Crippen molar-refractivity contribution in [3.8, 4) is 17.2 Å². The number of carbonyl (C=O) groups excluding carboxylic acids is 1. The van der Waals surface area contributed by atoms with Crippen molar-refractivity contribution in [3.63, 3.8) is 0 Å². The van der Waals surface area contributed by atoms with E-state index in [0.717, 1.165) is 22.9 Å². The highest BCUT2D eigenvalue weighted by Crippen LogP contribution is 2.31. The molecule has 4 rings (SSSR count). The highest BCUT2D eigenvalue weighted by atomic mass is 79.9. The van der Waals surface area contributed by atoms with Gasteiger partial charge in [-0.3, -0.25) is 4.79 Å². The molecule has 0 saturated carbocycles. The van der Waals surface area contributed by atoms with Gasteiger partial charge in [0.25, 0.3) is 5.91 Å². The molecular weight excluding hydrogens is 430 g/mol. The lowest BCUT2D eigenvalue weighted by molar-refractivity contribution is 0.0697. The van der Waals surface area contributed by atoms with Gasteiger partial charge in [0.1, 0.15) is 5.75 Å². The molecule has 6 nitrogen and oxygen atoms in total. The quantitative estimate of drug-likeness (QED) is 0.584. The molecule has 0 aliphatic carbocycles. The minimum atomic E-state index is -0.0250. The molecule has 1 fully saturated rings. The Hall–Kier alpha value is -2.19. The van der Waals surface area contributed by atoms with Gasteiger partial charge in [-0.15, -0.1) is 10.2 Å². The van der Waals surface area contributed by atoms with Gasteiger partial charge in [0.05, 0.1) is 18.6 Å². The zero-order chi connectivity index (χ0) is 18.8. The van der Waals surface area contributed by atoms with Gasteiger partial charge in [-0.1, -0.05) is 0 Å². The molecule has 1 atom stereocenters. The maximum atomic E-state index is 13.0. The van der Waals surface area contributed by atoms with Crippen LogP contribution in [0.5, 0.6) is 5.75 Å². The van der Waals surface area contributed by atoms with Crippen LogP contribution in [0.3, 0.4) is 0 Å². The third-order valence-corrected chi connectivity index (χ3v) is 6.05. The third kappa shape index (κ3) is 3.77. The van der Waals surface area contributed by atoms with Gasteiger partial charge in [-0.2, -0.15) is 11.3 Å². The maximum Gasteiger partial charge on any atom is 0.255 e. The number of methoxy groups -OCH3 is 1. The van der Waals surface area contributed by atoms with Crippen molar-refractivity contribution in [2.24, 2.45) is 0 Å². The van der Waals surface area contributed by atoms with E-state index in [1.807, 2.05) is 33.9 Å². The van der Waals surface area contributed by atoms with Crippen LogP contribution in [-0.4, -0.2) is 41.2 Å². The Labute approximate surface area is 169 Å². The fraction of sp³-hybridized carbons (Fsp3) is 0.316. The standard InChI is InChI=1S/C19H18BrN3O3S/c1-25-14-4-5-16(20)15(9-14)19(24)23-7-2-3-12(10-23)17-21-22-18(26-17)13-6-8-27-11-13/h4-6,8-9,11-12H,2-3,7,10H2,1H3. The minimum Gasteiger partial charge on any atom is -0.497 e. The molecule has 0 spiro atoms. The second kappa shape index (κ2) is 7.82. The number of aromatic nitrogens is 2. The topological polar surface area (TPSA) is 68.5 Å². The van der Waals surface area contributed by atoms with Crippen LogP contribution in [0.15, 0.2) is 43.9 Å². The third-order valence-electron chi connectivity index (χ3n) is 4.67. The van der Waals surface area contributed by atoms with Crippen LogP contribution in [-0.2, 0) is 0 Å². The molecule has 8 heteroatoms. The Morgan fingerprint density at radius 3 is 3.04 bits per heavy atom. The molecule has 0 bridgehead atoms. The number of amides is 1. The van der Waals surface area contributed by atoms with Gasteiger partial charge in [0.15, 0.2) is 0 Å². The smallest absolute Gasteiger partial charge is 0.255 e. The number of ether oxygens (including phenoxy) is 1. The SMILES string of the molecule is COc1ccc(Br)c(C(=O)N2CCCC(c3nnc(-c4ccsc4)o3)C2)c1. The molecule has 1 amide bonds. The number of benzene rings is 1. The summed E-state index contributed by atoms with van der Waals surface area (Å²) in [5, 5.41) is 12.3. The predicted octanol–water partition coefficient (Wildman–Crippen LogP) is 4.59. The van der Waals surface area contributed by atoms with Crippen LogP contribution in [0.25, 0.3) is 11.5 Å². The number of hydrogen-bond acceptors (Lipinski definition) is 6. The molecule has 27 heavy (non-hydrogen) atoms. The molecule has 3 aromatic rings. The van der Waals surface area contributed by atoms with Crippen LogP contribution in [0.1, 0.15) is 35.0 Å². The first kappa shape index (κ1) is 18.2. The summed E-state index contributed by atoms with van der Waals surface area (Å²) < 4.78 is 11.9. The molecule has 1 aromatic carbocycles. The molecule has 2 aromatic heterocycles. The summed E-state index contributed by atoms with van der Waals surface area (Å²) in [5.41, 5.74) is 1.53. The predicted molar refractivity (Wildman–Crippen MR) is 106 cm³/mol. The summed E-state index contributed by atoms with van der Waals surface area (Å²) in [5.74, 6) is 1.81. The Bertz CT molecular complexity index is 942. The fourth-order valence-electron chi connectivity index (χ4n) is 3.23. The first-order valence-corrected chi connectivity index (χ1v) is 10.4. The normalized spacial score (nSPS) is 17.1. The van der Waals surface area contributed by atoms with Crippen LogP contribution in [0, 0.1) is 0 Å². The average molecular weight is 448 g/mol. The second-order valence-corrected chi connectivity index (χ2v) is 8.03. The molecule has 1 aliphatic heterocycles. The summed E-state index contributed by atoms with van der Waals surface area (Å²) in [6.07, 6.45) is 1.82. The van der Waals surface area contributed by atoms with Crippen LogP contribution in [0.4, 0.5) is 0 Å². The van der Waals surface area contributed by atoms with Crippen molar-refractivity contribution in [1.82, 2.24) is 15.1 Å². The Morgan fingerprint density at radius 1 is 1.37 bits per heavy atom. The Morgan fingerprint density at radius 2 is 2.26 bits per heavy atom. The van der Waals surface area contributed by atoms with Gasteiger partial charge in [0.2, 0.25) is 11.8 Å². The van der Waals surface area contributed by atoms with Gasteiger partial charge in [0, 0.05) is 28.5 Å². The monoisotopic (exact) mass is 447 g/mol. The van der Waals surface area contributed by atoms with E-state index >= 15 is 0 Å². The molecule has 1 aliphatic rings. The summed E-state index contributed by atoms with van der Waals surface area (Å²) in [7, 11) is 1.59. The maximum absolute atomic E-state index is 13.0. The van der Waals surface area contributed by atoms with Crippen LogP contribution >= 0.6 is 27.3 Å². The number of carbonyl (C=O) groups is 1. The average Bonchev–Trinajstić information content (AvgIpc) is 3.39. The Kier molecular flexibility index (Phi) is 5.27. The largest absolute Gasteiger partial charge is 0.497 e. The molecule has 0 radical (unpaired) electrons. The van der Waals surface area contributed by atoms with E-state index in [-0.39, 0.29) is 11.8 Å². The summed E-state index contributed by atoms with van der Waals surface area (Å²) >= 11 is 5.06. The van der Waals surface area contributed by atoms with E-state index in [4.69, 9.17) is 9.15 Å². The van der Waals surface area contributed by atoms with Crippen LogP contribution < -0.4 is 4.74 Å². The van der Waals surface area contributed by atoms with E-state index in [0.29, 0.717) is 36.2 Å². The molecule has 140 valence electrons. The van der Waals surface area contributed by atoms with Crippen molar-refractivity contribution in [2.75, 3.05) is 20.2 Å². The van der Waals surface area contributed by atoms with Crippen molar-refractivity contribution in [2.45, 2.75) is 18.8 Å². The van der Waals surface area contributed by atoms with E-state index in [1.165, 1.54) is 0 Å². The number of halogens is 1. The highest BCUT2D eigenvalue weighted by Gasteiger charge is 2.30. The van der Waals surface area contributed by atoms with Gasteiger partial charge < -0.3 is 14.1 Å². The summed E-state index contributed by atoms with van der Waals surface area (Å²) in [4.78, 5) is 14.9. The lowest BCUT2D eigenvalue weighted by Crippen LogP contribution is -2.39. The van der Waals surface area contributed by atoms with Crippen LogP contribution in [0.2, 0.25) is 0 Å². The zero-order valence-electron chi connectivity index (χ0n) is 14.7. The summed E-state index contributed by atoms with van der Waals surface area (Å²) in [6, 6.07) is 7.37. The lowest BCUT2D eigenvalue weighted by atomic mass is 9.97. The van der Waals surface area contributed by atoms with Gasteiger partial charge in [-0.25, -0.2) is 0 Å². The van der Waals surface area contributed by atoms with Gasteiger partial charge in [-0.05, 0) is 58.4 Å². The van der Waals surface area contributed by atoms with Gasteiger partial charge >= 0.3 is 0 Å². The molecule has 1 unspecified atom stereocenters. The Balaban J connectivity index is 1.52. The first-order chi connectivity index (χ1) is 13.2. The van der Waals surface area contributed by atoms with E-state index in [2.05, 4.69) is 26.1 Å². The lowest BCUT2D eigenvalue weighted by Gasteiger charge is -2.31. The van der Waals surface area contributed by atoms with Crippen molar-refractivity contribution in [1.29, 1.82) is 0 Å². The van der Waals surface area contributed by atoms with Crippen molar-refractivity contribution in [3.05, 3.63) is 51.0 Å². The number of hydrogen-bond donors (Lipinski definition) is 0. The highest BCUT2D eigenvalue weighted by molar-refractivity contribution is 9.10. The first-order valence-electron chi connectivity index (χ1n) is 8.64. The number of likely N-dealkylation sites (tertiary alicyclic amines) is 1. The number of thiophene rings is 1. The minimum absolute atomic E-state index is 0.0250. The van der Waals surface area contributed by atoms with Crippen molar-refractivity contribution < 1.29 is 13.9 Å². The molecule has 0 N–H and O–H groups in total. The van der Waals surface area contributed by atoms with E-state index in [9.17, 15) is 4.79 Å². The van der Waals surface area contributed by atoms with E-state index < -0.39 is 0 Å². The second-order valence-electron chi connectivity index (χ2n) is 6.39. The molecule has 1 saturated heterocycles.